The lowest BCUT2D eigenvalue weighted by atomic mass is 10.1. The maximum Gasteiger partial charge on any atom is 0.132 e. The van der Waals surface area contributed by atoms with Crippen molar-refractivity contribution < 1.29 is 4.74 Å². The molecule has 7 nitrogen and oxygen atoms in total. The van der Waals surface area contributed by atoms with Gasteiger partial charge >= 0.3 is 0 Å². The molecule has 3 heterocycles. The van der Waals surface area contributed by atoms with E-state index in [1.807, 2.05) is 18.2 Å². The highest BCUT2D eigenvalue weighted by Gasteiger charge is 2.40. The van der Waals surface area contributed by atoms with Crippen LogP contribution in [-0.4, -0.2) is 51.4 Å². The lowest BCUT2D eigenvalue weighted by Gasteiger charge is -2.32. The van der Waals surface area contributed by atoms with Crippen LogP contribution in [0.5, 0.6) is 5.75 Å². The van der Waals surface area contributed by atoms with Gasteiger partial charge in [0.25, 0.3) is 0 Å². The van der Waals surface area contributed by atoms with E-state index in [9.17, 15) is 0 Å². The number of aromatic nitrogens is 4. The van der Waals surface area contributed by atoms with E-state index in [1.54, 1.807) is 6.33 Å². The molecule has 5 rings (SSSR count). The van der Waals surface area contributed by atoms with Gasteiger partial charge in [0.05, 0.1) is 11.2 Å². The Kier molecular flexibility index (Phi) is 3.79. The predicted octanol–water partition coefficient (Wildman–Crippen LogP) is 2.75. The number of fused-ring (bicyclic) bond motifs is 1. The summed E-state index contributed by atoms with van der Waals surface area (Å²) < 4.78 is 6.12. The zero-order valence-corrected chi connectivity index (χ0v) is 15.7. The summed E-state index contributed by atoms with van der Waals surface area (Å²) in [5, 5.41) is 12.1. The number of ether oxygens (including phenoxy) is 1. The minimum atomic E-state index is -0.00134. The number of nitrogens with zero attached hydrogens (tertiary/aromatic N) is 4. The molecule has 1 saturated heterocycles. The first-order chi connectivity index (χ1) is 13.1. The number of benzene rings is 1. The van der Waals surface area contributed by atoms with Crippen molar-refractivity contribution in [3.8, 4) is 17.1 Å². The molecule has 1 atom stereocenters. The zero-order valence-electron chi connectivity index (χ0n) is 15.7. The van der Waals surface area contributed by atoms with Gasteiger partial charge in [0, 0.05) is 37.1 Å². The first kappa shape index (κ1) is 16.5. The van der Waals surface area contributed by atoms with Gasteiger partial charge in [-0.05, 0) is 44.9 Å². The minimum absolute atomic E-state index is 0.00134. The molecular formula is C20H24N6O. The Bertz CT molecular complexity index is 980. The van der Waals surface area contributed by atoms with Gasteiger partial charge in [-0.3, -0.25) is 5.10 Å². The first-order valence-corrected chi connectivity index (χ1v) is 9.58. The number of hydrogen-bond acceptors (Lipinski definition) is 6. The number of aromatic amines is 1. The second-order valence-corrected chi connectivity index (χ2v) is 7.89. The van der Waals surface area contributed by atoms with E-state index in [-0.39, 0.29) is 5.60 Å². The summed E-state index contributed by atoms with van der Waals surface area (Å²) >= 11 is 0. The van der Waals surface area contributed by atoms with Crippen molar-refractivity contribution in [3.05, 3.63) is 30.6 Å². The van der Waals surface area contributed by atoms with Crippen LogP contribution in [0, 0.1) is 0 Å². The molecule has 0 bridgehead atoms. The van der Waals surface area contributed by atoms with Gasteiger partial charge in [-0.1, -0.05) is 0 Å². The third-order valence-corrected chi connectivity index (χ3v) is 5.44. The first-order valence-electron chi connectivity index (χ1n) is 9.58. The number of nitrogens with one attached hydrogen (secondary N) is 2. The third kappa shape index (κ3) is 3.23. The average Bonchev–Trinajstić information content (AvgIpc) is 3.25. The zero-order chi connectivity index (χ0) is 18.4. The Hall–Kier alpha value is -2.67. The van der Waals surface area contributed by atoms with Gasteiger partial charge < -0.3 is 15.0 Å². The third-order valence-electron chi connectivity index (χ3n) is 5.44. The standard InChI is InChI=1S/C20H24N6O/c1-13-11-26(8-7-21-13)18-10-17(22-12-23-18)19-15-9-14(27-20(2)5-6-20)3-4-16(15)24-25-19/h3-4,9-10,12-13,21H,5-8,11H2,1-2H3,(H,24,25)/t13-/m0/s1. The summed E-state index contributed by atoms with van der Waals surface area (Å²) in [5.74, 6) is 1.83. The average molecular weight is 364 g/mol. The van der Waals surface area contributed by atoms with Crippen molar-refractivity contribution >= 4 is 16.7 Å². The van der Waals surface area contributed by atoms with Gasteiger partial charge in [-0.2, -0.15) is 5.10 Å². The molecule has 3 aromatic rings. The summed E-state index contributed by atoms with van der Waals surface area (Å²) in [7, 11) is 0. The molecular weight excluding hydrogens is 340 g/mol. The Morgan fingerprint density at radius 3 is 2.93 bits per heavy atom. The highest BCUT2D eigenvalue weighted by atomic mass is 16.5. The summed E-state index contributed by atoms with van der Waals surface area (Å²) in [6, 6.07) is 8.57. The Morgan fingerprint density at radius 2 is 2.11 bits per heavy atom. The van der Waals surface area contributed by atoms with Gasteiger partial charge in [0.2, 0.25) is 0 Å². The number of hydrogen-bond donors (Lipinski definition) is 2. The van der Waals surface area contributed by atoms with Crippen LogP contribution in [-0.2, 0) is 0 Å². The highest BCUT2D eigenvalue weighted by Crippen LogP contribution is 2.40. The Balaban J connectivity index is 1.49. The van der Waals surface area contributed by atoms with E-state index < -0.39 is 0 Å². The van der Waals surface area contributed by atoms with E-state index in [0.29, 0.717) is 6.04 Å². The second-order valence-electron chi connectivity index (χ2n) is 7.89. The quantitative estimate of drug-likeness (QED) is 0.741. The van der Waals surface area contributed by atoms with Crippen molar-refractivity contribution in [2.24, 2.45) is 0 Å². The fourth-order valence-corrected chi connectivity index (χ4v) is 3.60. The van der Waals surface area contributed by atoms with Crippen molar-refractivity contribution in [2.45, 2.75) is 38.3 Å². The molecule has 2 N–H and O–H groups in total. The summed E-state index contributed by atoms with van der Waals surface area (Å²) in [4.78, 5) is 11.3. The number of rotatable bonds is 4. The van der Waals surface area contributed by atoms with E-state index in [2.05, 4.69) is 50.3 Å². The fourth-order valence-electron chi connectivity index (χ4n) is 3.60. The molecule has 2 aromatic heterocycles. The normalized spacial score (nSPS) is 21.4. The molecule has 0 unspecified atom stereocenters. The highest BCUT2D eigenvalue weighted by molar-refractivity contribution is 5.93. The Morgan fingerprint density at radius 1 is 1.22 bits per heavy atom. The van der Waals surface area contributed by atoms with E-state index >= 15 is 0 Å². The molecule has 1 aromatic carbocycles. The summed E-state index contributed by atoms with van der Waals surface area (Å²) in [6.45, 7) is 7.19. The van der Waals surface area contributed by atoms with Crippen LogP contribution in [0.1, 0.15) is 26.7 Å². The largest absolute Gasteiger partial charge is 0.488 e. The molecule has 140 valence electrons. The van der Waals surface area contributed by atoms with Crippen LogP contribution in [0.15, 0.2) is 30.6 Å². The number of piperazine rings is 1. The SMILES string of the molecule is C[C@H]1CN(c2cc(-c3n[nH]c4ccc(OC5(C)CC5)cc34)ncn2)CCN1. The molecule has 27 heavy (non-hydrogen) atoms. The lowest BCUT2D eigenvalue weighted by molar-refractivity contribution is 0.200. The minimum Gasteiger partial charge on any atom is -0.488 e. The van der Waals surface area contributed by atoms with Crippen LogP contribution in [0.25, 0.3) is 22.3 Å². The van der Waals surface area contributed by atoms with Crippen molar-refractivity contribution in [1.29, 1.82) is 0 Å². The molecule has 1 saturated carbocycles. The van der Waals surface area contributed by atoms with E-state index in [4.69, 9.17) is 4.74 Å². The molecule has 0 spiro atoms. The van der Waals surface area contributed by atoms with Gasteiger partial charge in [-0.25, -0.2) is 9.97 Å². The van der Waals surface area contributed by atoms with Gasteiger partial charge in [0.15, 0.2) is 0 Å². The molecule has 2 aliphatic rings. The molecule has 1 aliphatic carbocycles. The molecule has 1 aliphatic heterocycles. The van der Waals surface area contributed by atoms with Crippen LogP contribution in [0.4, 0.5) is 5.82 Å². The second kappa shape index (κ2) is 6.20. The number of anilines is 1. The predicted molar refractivity (Wildman–Crippen MR) is 105 cm³/mol. The van der Waals surface area contributed by atoms with E-state index in [0.717, 1.165) is 66.3 Å². The summed E-state index contributed by atoms with van der Waals surface area (Å²) in [6.07, 6.45) is 3.85. The Labute approximate surface area is 158 Å². The van der Waals surface area contributed by atoms with Gasteiger partial charge in [0.1, 0.15) is 29.2 Å². The van der Waals surface area contributed by atoms with Crippen molar-refractivity contribution in [2.75, 3.05) is 24.5 Å². The molecule has 0 radical (unpaired) electrons. The molecule has 2 fully saturated rings. The van der Waals surface area contributed by atoms with Crippen molar-refractivity contribution in [3.63, 3.8) is 0 Å². The topological polar surface area (TPSA) is 79.0 Å². The summed E-state index contributed by atoms with van der Waals surface area (Å²) in [5.41, 5.74) is 2.64. The molecule has 0 amide bonds. The maximum atomic E-state index is 6.12. The number of H-pyrrole nitrogens is 1. The molecule has 7 heteroatoms. The van der Waals surface area contributed by atoms with Gasteiger partial charge in [-0.15, -0.1) is 0 Å². The van der Waals surface area contributed by atoms with Crippen molar-refractivity contribution in [1.82, 2.24) is 25.5 Å². The fraction of sp³-hybridized carbons (Fsp3) is 0.450. The van der Waals surface area contributed by atoms with Crippen LogP contribution < -0.4 is 15.0 Å². The van der Waals surface area contributed by atoms with Crippen LogP contribution in [0.2, 0.25) is 0 Å². The van der Waals surface area contributed by atoms with E-state index in [1.165, 1.54) is 0 Å². The maximum absolute atomic E-state index is 6.12. The lowest BCUT2D eigenvalue weighted by Crippen LogP contribution is -2.49. The van der Waals surface area contributed by atoms with Crippen LogP contribution >= 0.6 is 0 Å². The monoisotopic (exact) mass is 364 g/mol. The van der Waals surface area contributed by atoms with Crippen LogP contribution in [0.3, 0.4) is 0 Å². The smallest absolute Gasteiger partial charge is 0.132 e.